The van der Waals surface area contributed by atoms with Crippen LogP contribution in [0.1, 0.15) is 20.3 Å². The largest absolute Gasteiger partial charge is 0.350 e. The highest BCUT2D eigenvalue weighted by Crippen LogP contribution is 2.16. The highest BCUT2D eigenvalue weighted by atomic mass is 16.2. The molecule has 1 heterocycles. The van der Waals surface area contributed by atoms with Gasteiger partial charge in [0, 0.05) is 18.0 Å². The lowest BCUT2D eigenvalue weighted by atomic mass is 9.98. The maximum absolute atomic E-state index is 10.7. The number of nitrogens with two attached hydrogens (primary N) is 1. The van der Waals surface area contributed by atoms with Gasteiger partial charge in [-0.05, 0) is 13.8 Å². The van der Waals surface area contributed by atoms with Crippen LogP contribution in [0, 0.1) is 0 Å². The Bertz CT molecular complexity index is 142. The fourth-order valence-electron chi connectivity index (χ4n) is 0.958. The van der Waals surface area contributed by atoms with Gasteiger partial charge in [-0.1, -0.05) is 0 Å². The summed E-state index contributed by atoms with van der Waals surface area (Å²) < 4.78 is 0. The molecule has 3 N–H and O–H groups in total. The van der Waals surface area contributed by atoms with E-state index in [0.717, 1.165) is 0 Å². The van der Waals surface area contributed by atoms with Crippen molar-refractivity contribution in [2.24, 2.45) is 5.73 Å². The number of rotatable bonds is 0. The molecule has 1 aliphatic heterocycles. The van der Waals surface area contributed by atoms with Crippen molar-refractivity contribution in [3.63, 3.8) is 0 Å². The monoisotopic (exact) mass is 128 g/mol. The second-order valence-corrected chi connectivity index (χ2v) is 3.08. The fraction of sp³-hybridized carbons (Fsp3) is 0.833. The van der Waals surface area contributed by atoms with Crippen LogP contribution in [-0.2, 0) is 4.79 Å². The Morgan fingerprint density at radius 2 is 2.33 bits per heavy atom. The average Bonchev–Trinajstić information content (AvgIpc) is 1.79. The van der Waals surface area contributed by atoms with Gasteiger partial charge >= 0.3 is 0 Å². The summed E-state index contributed by atoms with van der Waals surface area (Å²) in [5.41, 5.74) is 5.42. The first-order valence-electron chi connectivity index (χ1n) is 3.09. The van der Waals surface area contributed by atoms with Gasteiger partial charge in [0.1, 0.15) is 0 Å². The van der Waals surface area contributed by atoms with Gasteiger partial charge in [-0.15, -0.1) is 0 Å². The zero-order chi connectivity index (χ0) is 7.07. The minimum absolute atomic E-state index is 0.0231. The zero-order valence-electron chi connectivity index (χ0n) is 5.77. The van der Waals surface area contributed by atoms with Crippen LogP contribution in [0.25, 0.3) is 0 Å². The lowest BCUT2D eigenvalue weighted by Gasteiger charge is -2.22. The molecule has 1 rings (SSSR count). The number of carbonyl (C=O) groups excluding carboxylic acids is 1. The van der Waals surface area contributed by atoms with E-state index in [0.29, 0.717) is 6.42 Å². The van der Waals surface area contributed by atoms with Gasteiger partial charge in [0.25, 0.3) is 0 Å². The summed E-state index contributed by atoms with van der Waals surface area (Å²) in [5.74, 6) is 0.0625. The van der Waals surface area contributed by atoms with Crippen LogP contribution in [0.15, 0.2) is 0 Å². The Morgan fingerprint density at radius 3 is 2.44 bits per heavy atom. The molecule has 3 heteroatoms. The van der Waals surface area contributed by atoms with Crippen LogP contribution in [0.5, 0.6) is 0 Å². The minimum Gasteiger partial charge on any atom is -0.350 e. The van der Waals surface area contributed by atoms with Gasteiger partial charge in [0.05, 0.1) is 0 Å². The van der Waals surface area contributed by atoms with Gasteiger partial charge in [0.2, 0.25) is 5.91 Å². The third-order valence-electron chi connectivity index (χ3n) is 1.79. The van der Waals surface area contributed by atoms with Crippen LogP contribution >= 0.6 is 0 Å². The Hall–Kier alpha value is -0.570. The molecule has 1 fully saturated rings. The Balaban J connectivity index is 2.69. The van der Waals surface area contributed by atoms with Crippen molar-refractivity contribution in [3.05, 3.63) is 0 Å². The van der Waals surface area contributed by atoms with Crippen molar-refractivity contribution in [1.29, 1.82) is 0 Å². The molecular weight excluding hydrogens is 116 g/mol. The van der Waals surface area contributed by atoms with E-state index in [2.05, 4.69) is 5.32 Å². The quantitative estimate of drug-likeness (QED) is 0.467. The van der Waals surface area contributed by atoms with Crippen molar-refractivity contribution in [2.75, 3.05) is 0 Å². The lowest BCUT2D eigenvalue weighted by molar-refractivity contribution is -0.119. The van der Waals surface area contributed by atoms with Gasteiger partial charge in [-0.2, -0.15) is 0 Å². The molecule has 0 aromatic carbocycles. The molecule has 1 aliphatic rings. The molecule has 0 unspecified atom stereocenters. The SMILES string of the molecule is CC1(C)NC(=O)C[C@@H]1N. The minimum atomic E-state index is -0.197. The van der Waals surface area contributed by atoms with Crippen LogP contribution < -0.4 is 11.1 Å². The van der Waals surface area contributed by atoms with Crippen LogP contribution in [-0.4, -0.2) is 17.5 Å². The van der Waals surface area contributed by atoms with Crippen LogP contribution in [0.4, 0.5) is 0 Å². The second kappa shape index (κ2) is 1.70. The van der Waals surface area contributed by atoms with Gasteiger partial charge in [-0.25, -0.2) is 0 Å². The molecule has 1 amide bonds. The molecular formula is C6H12N2O. The van der Waals surface area contributed by atoms with E-state index in [-0.39, 0.29) is 17.5 Å². The molecule has 1 saturated heterocycles. The van der Waals surface area contributed by atoms with E-state index in [1.165, 1.54) is 0 Å². The first-order chi connectivity index (χ1) is 4.02. The third-order valence-corrected chi connectivity index (χ3v) is 1.79. The number of amides is 1. The fourth-order valence-corrected chi connectivity index (χ4v) is 0.958. The van der Waals surface area contributed by atoms with E-state index in [1.54, 1.807) is 0 Å². The van der Waals surface area contributed by atoms with E-state index >= 15 is 0 Å². The summed E-state index contributed by atoms with van der Waals surface area (Å²) in [6, 6.07) is -0.0231. The van der Waals surface area contributed by atoms with Gasteiger partial charge < -0.3 is 11.1 Å². The molecule has 0 aliphatic carbocycles. The molecule has 0 spiro atoms. The van der Waals surface area contributed by atoms with E-state index < -0.39 is 0 Å². The summed E-state index contributed by atoms with van der Waals surface area (Å²) in [5, 5.41) is 2.78. The van der Waals surface area contributed by atoms with Gasteiger partial charge in [0.15, 0.2) is 0 Å². The highest BCUT2D eigenvalue weighted by Gasteiger charge is 2.35. The first-order valence-corrected chi connectivity index (χ1v) is 3.09. The highest BCUT2D eigenvalue weighted by molar-refractivity contribution is 5.80. The molecule has 3 nitrogen and oxygen atoms in total. The zero-order valence-corrected chi connectivity index (χ0v) is 5.77. The van der Waals surface area contributed by atoms with Gasteiger partial charge in [-0.3, -0.25) is 4.79 Å². The Morgan fingerprint density at radius 1 is 1.78 bits per heavy atom. The summed E-state index contributed by atoms with van der Waals surface area (Å²) in [6.07, 6.45) is 0.465. The van der Waals surface area contributed by atoms with Crippen molar-refractivity contribution in [3.8, 4) is 0 Å². The molecule has 52 valence electrons. The molecule has 9 heavy (non-hydrogen) atoms. The second-order valence-electron chi connectivity index (χ2n) is 3.08. The smallest absolute Gasteiger partial charge is 0.222 e. The summed E-state index contributed by atoms with van der Waals surface area (Å²) in [6.45, 7) is 3.87. The Kier molecular flexibility index (Phi) is 1.24. The number of hydrogen-bond donors (Lipinski definition) is 2. The third kappa shape index (κ3) is 1.05. The standard InChI is InChI=1S/C6H12N2O/c1-6(2)4(7)3-5(9)8-6/h4H,3,7H2,1-2H3,(H,8,9)/t4-/m0/s1. The number of nitrogens with one attached hydrogen (secondary N) is 1. The predicted octanol–water partition coefficient (Wildman–Crippen LogP) is -0.388. The van der Waals surface area contributed by atoms with E-state index in [1.807, 2.05) is 13.8 Å². The van der Waals surface area contributed by atoms with E-state index in [9.17, 15) is 4.79 Å². The molecule has 0 radical (unpaired) electrons. The summed E-state index contributed by atoms with van der Waals surface area (Å²) >= 11 is 0. The van der Waals surface area contributed by atoms with Crippen molar-refractivity contribution < 1.29 is 4.79 Å². The molecule has 0 aromatic heterocycles. The molecule has 0 bridgehead atoms. The average molecular weight is 128 g/mol. The maximum atomic E-state index is 10.7. The normalized spacial score (nSPS) is 32.3. The van der Waals surface area contributed by atoms with Crippen LogP contribution in [0.3, 0.4) is 0 Å². The summed E-state index contributed by atoms with van der Waals surface area (Å²) in [7, 11) is 0. The number of hydrogen-bond acceptors (Lipinski definition) is 2. The summed E-state index contributed by atoms with van der Waals surface area (Å²) in [4.78, 5) is 10.7. The van der Waals surface area contributed by atoms with Crippen LogP contribution in [0.2, 0.25) is 0 Å². The van der Waals surface area contributed by atoms with Crippen molar-refractivity contribution in [1.82, 2.24) is 5.32 Å². The van der Waals surface area contributed by atoms with Crippen molar-refractivity contribution in [2.45, 2.75) is 31.8 Å². The maximum Gasteiger partial charge on any atom is 0.222 e. The molecule has 0 saturated carbocycles. The first kappa shape index (κ1) is 6.55. The Labute approximate surface area is 54.6 Å². The molecule has 1 atom stereocenters. The van der Waals surface area contributed by atoms with Crippen molar-refractivity contribution >= 4 is 5.91 Å². The molecule has 0 aromatic rings. The van der Waals surface area contributed by atoms with E-state index in [4.69, 9.17) is 5.73 Å². The number of carbonyl (C=O) groups is 1. The topological polar surface area (TPSA) is 55.1 Å². The predicted molar refractivity (Wildman–Crippen MR) is 34.8 cm³/mol. The lowest BCUT2D eigenvalue weighted by Crippen LogP contribution is -2.46.